The highest BCUT2D eigenvalue weighted by Crippen LogP contribution is 2.31. The van der Waals surface area contributed by atoms with Crippen LogP contribution in [0.2, 0.25) is 0 Å². The van der Waals surface area contributed by atoms with Gasteiger partial charge >= 0.3 is 0 Å². The van der Waals surface area contributed by atoms with Crippen molar-refractivity contribution < 1.29 is 17.9 Å². The molecule has 128 valence electrons. The van der Waals surface area contributed by atoms with Crippen molar-refractivity contribution >= 4 is 21.6 Å². The average molecular weight is 340 g/mol. The largest absolute Gasteiger partial charge is 0.482 e. The van der Waals surface area contributed by atoms with Crippen molar-refractivity contribution in [3.8, 4) is 5.75 Å². The molecule has 1 aromatic rings. The number of benzene rings is 1. The molecule has 0 atom stereocenters. The van der Waals surface area contributed by atoms with E-state index in [-0.39, 0.29) is 29.2 Å². The molecule has 0 radical (unpaired) electrons. The van der Waals surface area contributed by atoms with Gasteiger partial charge in [-0.05, 0) is 30.0 Å². The number of amides is 1. The number of anilines is 1. The number of sulfonamides is 1. The Morgan fingerprint density at radius 2 is 1.78 bits per heavy atom. The van der Waals surface area contributed by atoms with Crippen molar-refractivity contribution in [3.63, 3.8) is 0 Å². The zero-order valence-corrected chi connectivity index (χ0v) is 14.8. The number of hydrogen-bond donors (Lipinski definition) is 1. The predicted molar refractivity (Wildman–Crippen MR) is 89.0 cm³/mol. The van der Waals surface area contributed by atoms with E-state index in [1.807, 2.05) is 27.7 Å². The minimum absolute atomic E-state index is 0.0497. The van der Waals surface area contributed by atoms with Crippen LogP contribution in [-0.4, -0.2) is 38.3 Å². The van der Waals surface area contributed by atoms with E-state index in [4.69, 9.17) is 4.74 Å². The molecule has 6 nitrogen and oxygen atoms in total. The van der Waals surface area contributed by atoms with Crippen LogP contribution in [0.1, 0.15) is 27.7 Å². The second-order valence-electron chi connectivity index (χ2n) is 6.60. The molecule has 23 heavy (non-hydrogen) atoms. The summed E-state index contributed by atoms with van der Waals surface area (Å²) in [6.07, 6.45) is 0. The first-order valence-electron chi connectivity index (χ1n) is 7.77. The summed E-state index contributed by atoms with van der Waals surface area (Å²) >= 11 is 0. The molecule has 0 aromatic heterocycles. The molecule has 1 aliphatic rings. The number of carbonyl (C=O) groups excluding carboxylic acids is 1. The van der Waals surface area contributed by atoms with E-state index in [0.29, 0.717) is 24.5 Å². The minimum atomic E-state index is -3.62. The minimum Gasteiger partial charge on any atom is -0.482 e. The Balaban J connectivity index is 2.36. The Kier molecular flexibility index (Phi) is 5.31. The number of nitrogens with one attached hydrogen (secondary N) is 1. The van der Waals surface area contributed by atoms with Crippen molar-refractivity contribution in [1.82, 2.24) is 4.31 Å². The predicted octanol–water partition coefficient (Wildman–Crippen LogP) is 2.32. The highest BCUT2D eigenvalue weighted by Gasteiger charge is 2.27. The number of nitrogens with zero attached hydrogens (tertiary/aromatic N) is 1. The fourth-order valence-corrected chi connectivity index (χ4v) is 4.25. The van der Waals surface area contributed by atoms with Gasteiger partial charge < -0.3 is 10.1 Å². The number of fused-ring (bicyclic) bond motifs is 1. The molecule has 0 fully saturated rings. The lowest BCUT2D eigenvalue weighted by Crippen LogP contribution is -2.37. The van der Waals surface area contributed by atoms with Crippen molar-refractivity contribution in [2.45, 2.75) is 32.6 Å². The van der Waals surface area contributed by atoms with Crippen molar-refractivity contribution in [2.75, 3.05) is 25.0 Å². The number of hydrogen-bond acceptors (Lipinski definition) is 4. The molecule has 0 bridgehead atoms. The number of ether oxygens (including phenoxy) is 1. The van der Waals surface area contributed by atoms with E-state index in [9.17, 15) is 13.2 Å². The van der Waals surface area contributed by atoms with Gasteiger partial charge in [0.1, 0.15) is 5.75 Å². The van der Waals surface area contributed by atoms with Crippen LogP contribution < -0.4 is 10.1 Å². The molecule has 0 saturated carbocycles. The Labute approximate surface area is 137 Å². The Morgan fingerprint density at radius 1 is 1.17 bits per heavy atom. The van der Waals surface area contributed by atoms with Gasteiger partial charge in [0.15, 0.2) is 6.61 Å². The third-order valence-electron chi connectivity index (χ3n) is 3.36. The molecule has 0 unspecified atom stereocenters. The van der Waals surface area contributed by atoms with E-state index in [1.54, 1.807) is 6.07 Å². The monoisotopic (exact) mass is 340 g/mol. The van der Waals surface area contributed by atoms with E-state index < -0.39 is 10.0 Å². The van der Waals surface area contributed by atoms with Crippen LogP contribution in [0.5, 0.6) is 5.75 Å². The summed E-state index contributed by atoms with van der Waals surface area (Å²) in [5.74, 6) is 0.657. The third kappa shape index (κ3) is 4.23. The van der Waals surface area contributed by atoms with E-state index >= 15 is 0 Å². The van der Waals surface area contributed by atoms with Crippen LogP contribution in [0.25, 0.3) is 0 Å². The van der Waals surface area contributed by atoms with Crippen LogP contribution >= 0.6 is 0 Å². The normalized spacial score (nSPS) is 14.8. The molecule has 1 heterocycles. The third-order valence-corrected chi connectivity index (χ3v) is 5.19. The van der Waals surface area contributed by atoms with Gasteiger partial charge in [-0.3, -0.25) is 4.79 Å². The molecule has 1 amide bonds. The molecule has 7 heteroatoms. The SMILES string of the molecule is CC(C)CN(CC(C)C)S(=O)(=O)c1ccc2c(c1)NC(=O)CO2. The summed E-state index contributed by atoms with van der Waals surface area (Å²) in [5, 5.41) is 2.65. The smallest absolute Gasteiger partial charge is 0.262 e. The Hall–Kier alpha value is -1.60. The lowest BCUT2D eigenvalue weighted by Gasteiger charge is -2.26. The van der Waals surface area contributed by atoms with Gasteiger partial charge in [-0.25, -0.2) is 8.42 Å². The fraction of sp³-hybridized carbons (Fsp3) is 0.562. The highest BCUT2D eigenvalue weighted by atomic mass is 32.2. The fourth-order valence-electron chi connectivity index (χ4n) is 2.46. The van der Waals surface area contributed by atoms with Gasteiger partial charge in [0, 0.05) is 13.1 Å². The van der Waals surface area contributed by atoms with Crippen molar-refractivity contribution in [3.05, 3.63) is 18.2 Å². The van der Waals surface area contributed by atoms with E-state index in [2.05, 4.69) is 5.32 Å². The molecular formula is C16H24N2O4S. The maximum atomic E-state index is 12.9. The molecule has 1 aromatic carbocycles. The summed E-state index contributed by atoms with van der Waals surface area (Å²) in [6.45, 7) is 8.83. The van der Waals surface area contributed by atoms with Crippen LogP contribution in [-0.2, 0) is 14.8 Å². The lowest BCUT2D eigenvalue weighted by atomic mass is 10.2. The summed E-state index contributed by atoms with van der Waals surface area (Å²) in [5.41, 5.74) is 0.399. The van der Waals surface area contributed by atoms with Crippen molar-refractivity contribution in [1.29, 1.82) is 0 Å². The summed E-state index contributed by atoms with van der Waals surface area (Å²) < 4.78 is 32.7. The summed E-state index contributed by atoms with van der Waals surface area (Å²) in [4.78, 5) is 11.6. The molecule has 1 N–H and O–H groups in total. The van der Waals surface area contributed by atoms with Gasteiger partial charge in [0.25, 0.3) is 5.91 Å². The van der Waals surface area contributed by atoms with Crippen LogP contribution in [0.3, 0.4) is 0 Å². The van der Waals surface area contributed by atoms with Gasteiger partial charge in [0.05, 0.1) is 10.6 Å². The molecular weight excluding hydrogens is 316 g/mol. The van der Waals surface area contributed by atoms with Gasteiger partial charge in [-0.1, -0.05) is 27.7 Å². The van der Waals surface area contributed by atoms with E-state index in [0.717, 1.165) is 0 Å². The number of rotatable bonds is 6. The van der Waals surface area contributed by atoms with Crippen molar-refractivity contribution in [2.24, 2.45) is 11.8 Å². The zero-order chi connectivity index (χ0) is 17.2. The van der Waals surface area contributed by atoms with Crippen LogP contribution in [0.15, 0.2) is 23.1 Å². The topological polar surface area (TPSA) is 75.7 Å². The highest BCUT2D eigenvalue weighted by molar-refractivity contribution is 7.89. The Morgan fingerprint density at radius 3 is 2.35 bits per heavy atom. The summed E-state index contributed by atoms with van der Waals surface area (Å²) in [6, 6.07) is 4.58. The maximum Gasteiger partial charge on any atom is 0.262 e. The number of carbonyl (C=O) groups is 1. The first-order chi connectivity index (χ1) is 10.7. The molecule has 0 aliphatic carbocycles. The van der Waals surface area contributed by atoms with Gasteiger partial charge in [-0.15, -0.1) is 0 Å². The van der Waals surface area contributed by atoms with Crippen LogP contribution in [0.4, 0.5) is 5.69 Å². The second-order valence-corrected chi connectivity index (χ2v) is 8.54. The molecule has 1 aliphatic heterocycles. The summed E-state index contributed by atoms with van der Waals surface area (Å²) in [7, 11) is -3.62. The standard InChI is InChI=1S/C16H24N2O4S/c1-11(2)8-18(9-12(3)4)23(20,21)13-5-6-15-14(7-13)17-16(19)10-22-15/h5-7,11-12H,8-10H2,1-4H3,(H,17,19). The molecule has 2 rings (SSSR count). The first-order valence-corrected chi connectivity index (χ1v) is 9.21. The molecule has 0 saturated heterocycles. The van der Waals surface area contributed by atoms with Gasteiger partial charge in [0.2, 0.25) is 10.0 Å². The lowest BCUT2D eigenvalue weighted by molar-refractivity contribution is -0.118. The quantitative estimate of drug-likeness (QED) is 0.862. The van der Waals surface area contributed by atoms with E-state index in [1.165, 1.54) is 16.4 Å². The Bertz CT molecular complexity index is 673. The zero-order valence-electron chi connectivity index (χ0n) is 14.0. The second kappa shape index (κ2) is 6.88. The maximum absolute atomic E-state index is 12.9. The van der Waals surface area contributed by atoms with Gasteiger partial charge in [-0.2, -0.15) is 4.31 Å². The average Bonchev–Trinajstić information content (AvgIpc) is 2.44. The first kappa shape index (κ1) is 17.7. The molecule has 0 spiro atoms. The van der Waals surface area contributed by atoms with Crippen LogP contribution in [0, 0.1) is 11.8 Å².